The number of nitrogen functional groups attached to an aromatic ring is 1. The first-order valence-corrected chi connectivity index (χ1v) is 8.32. The average Bonchev–Trinajstić information content (AvgIpc) is 2.68. The summed E-state index contributed by atoms with van der Waals surface area (Å²) in [7, 11) is 0. The van der Waals surface area contributed by atoms with Crippen molar-refractivity contribution in [3.8, 4) is 11.1 Å². The maximum atomic E-state index is 11.5. The summed E-state index contributed by atoms with van der Waals surface area (Å²) in [6.45, 7) is 3.45. The molecule has 0 aromatic heterocycles. The highest BCUT2D eigenvalue weighted by Crippen LogP contribution is 2.30. The first-order chi connectivity index (χ1) is 12.6. The van der Waals surface area contributed by atoms with Gasteiger partial charge in [-0.3, -0.25) is 4.79 Å². The maximum absolute atomic E-state index is 11.5. The van der Waals surface area contributed by atoms with Crippen LogP contribution >= 0.6 is 0 Å². The van der Waals surface area contributed by atoms with Crippen LogP contribution in [-0.4, -0.2) is 5.91 Å². The molecule has 0 aliphatic carbocycles. The first kappa shape index (κ1) is 17.5. The predicted octanol–water partition coefficient (Wildman–Crippen LogP) is 4.11. The van der Waals surface area contributed by atoms with E-state index >= 15 is 0 Å². The lowest BCUT2D eigenvalue weighted by atomic mass is 9.95. The number of carbonyl (C=O) groups excluding carboxylic acids is 1. The molecular formula is C22H21N3O. The van der Waals surface area contributed by atoms with E-state index in [4.69, 9.17) is 11.5 Å². The number of benzene rings is 3. The van der Waals surface area contributed by atoms with E-state index < -0.39 is 0 Å². The molecule has 0 spiro atoms. The highest BCUT2D eigenvalue weighted by Gasteiger charge is 2.13. The summed E-state index contributed by atoms with van der Waals surface area (Å²) in [5.74, 6) is -0.262. The Labute approximate surface area is 153 Å². The van der Waals surface area contributed by atoms with Crippen LogP contribution in [0.2, 0.25) is 0 Å². The van der Waals surface area contributed by atoms with Crippen LogP contribution in [0.25, 0.3) is 11.1 Å². The number of nitrogens with two attached hydrogens (primary N) is 2. The molecule has 3 aromatic carbocycles. The molecule has 0 saturated heterocycles. The van der Waals surface area contributed by atoms with Crippen LogP contribution in [0.5, 0.6) is 0 Å². The lowest BCUT2D eigenvalue weighted by Crippen LogP contribution is -2.15. The van der Waals surface area contributed by atoms with Crippen LogP contribution in [0.4, 0.5) is 11.4 Å². The van der Waals surface area contributed by atoms with Gasteiger partial charge in [0.15, 0.2) is 0 Å². The molecule has 3 aromatic rings. The number of carbonyl (C=O) groups is 1. The minimum Gasteiger partial charge on any atom is -0.398 e. The van der Waals surface area contributed by atoms with Gasteiger partial charge < -0.3 is 16.8 Å². The third-order valence-corrected chi connectivity index (χ3v) is 4.23. The molecule has 1 amide bonds. The number of hydrogen-bond acceptors (Lipinski definition) is 3. The smallest absolute Gasteiger partial charge is 0.247 e. The van der Waals surface area contributed by atoms with Gasteiger partial charge in [0.2, 0.25) is 5.91 Å². The zero-order valence-electron chi connectivity index (χ0n) is 14.4. The molecule has 1 atom stereocenters. The lowest BCUT2D eigenvalue weighted by molar-refractivity contribution is -0.111. The number of amides is 1. The molecule has 4 heteroatoms. The largest absolute Gasteiger partial charge is 0.398 e. The van der Waals surface area contributed by atoms with Crippen LogP contribution in [0, 0.1) is 0 Å². The van der Waals surface area contributed by atoms with Crippen molar-refractivity contribution in [3.05, 3.63) is 96.6 Å². The van der Waals surface area contributed by atoms with Crippen LogP contribution in [0.15, 0.2) is 85.5 Å². The second-order valence-corrected chi connectivity index (χ2v) is 6.01. The van der Waals surface area contributed by atoms with Crippen LogP contribution < -0.4 is 16.8 Å². The lowest BCUT2D eigenvalue weighted by Gasteiger charge is -2.17. The SMILES string of the molecule is C=CC(=O)Nc1cccc(C(N)c2ccc(-c3ccccc3)cc2N)c1. The van der Waals surface area contributed by atoms with E-state index in [1.54, 1.807) is 6.07 Å². The van der Waals surface area contributed by atoms with Gasteiger partial charge in [-0.05, 0) is 46.5 Å². The van der Waals surface area contributed by atoms with Crippen molar-refractivity contribution < 1.29 is 4.79 Å². The van der Waals surface area contributed by atoms with E-state index in [-0.39, 0.29) is 11.9 Å². The molecular weight excluding hydrogens is 322 g/mol. The normalized spacial score (nSPS) is 11.6. The number of anilines is 2. The Balaban J connectivity index is 1.88. The fraction of sp³-hybridized carbons (Fsp3) is 0.0455. The van der Waals surface area contributed by atoms with Gasteiger partial charge in [0.05, 0.1) is 6.04 Å². The number of rotatable bonds is 5. The monoisotopic (exact) mass is 343 g/mol. The Kier molecular flexibility index (Phi) is 5.15. The van der Waals surface area contributed by atoms with E-state index in [1.165, 1.54) is 6.08 Å². The summed E-state index contributed by atoms with van der Waals surface area (Å²) in [5.41, 5.74) is 17.9. The maximum Gasteiger partial charge on any atom is 0.247 e. The second-order valence-electron chi connectivity index (χ2n) is 6.01. The predicted molar refractivity (Wildman–Crippen MR) is 108 cm³/mol. The highest BCUT2D eigenvalue weighted by molar-refractivity contribution is 5.98. The highest BCUT2D eigenvalue weighted by atomic mass is 16.1. The minimum atomic E-state index is -0.389. The Hall–Kier alpha value is -3.37. The van der Waals surface area contributed by atoms with Gasteiger partial charge in [-0.15, -0.1) is 0 Å². The molecule has 4 nitrogen and oxygen atoms in total. The molecule has 0 heterocycles. The Bertz CT molecular complexity index is 935. The molecule has 0 aliphatic rings. The number of nitrogens with one attached hydrogen (secondary N) is 1. The molecule has 3 rings (SSSR count). The minimum absolute atomic E-state index is 0.262. The molecule has 0 radical (unpaired) electrons. The van der Waals surface area contributed by atoms with Gasteiger partial charge in [-0.25, -0.2) is 0 Å². The zero-order chi connectivity index (χ0) is 18.5. The van der Waals surface area contributed by atoms with Crippen molar-refractivity contribution in [3.63, 3.8) is 0 Å². The molecule has 0 saturated carbocycles. The molecule has 130 valence electrons. The first-order valence-electron chi connectivity index (χ1n) is 8.32. The van der Waals surface area contributed by atoms with Crippen LogP contribution in [-0.2, 0) is 4.79 Å². The Morgan fingerprint density at radius 3 is 2.42 bits per heavy atom. The van der Waals surface area contributed by atoms with Gasteiger partial charge >= 0.3 is 0 Å². The van der Waals surface area contributed by atoms with Crippen molar-refractivity contribution in [2.24, 2.45) is 5.73 Å². The van der Waals surface area contributed by atoms with Gasteiger partial charge in [0.1, 0.15) is 0 Å². The Morgan fingerprint density at radius 2 is 1.73 bits per heavy atom. The van der Waals surface area contributed by atoms with Crippen LogP contribution in [0.1, 0.15) is 17.2 Å². The molecule has 0 bridgehead atoms. The third kappa shape index (κ3) is 3.82. The summed E-state index contributed by atoms with van der Waals surface area (Å²) in [5, 5.41) is 2.74. The summed E-state index contributed by atoms with van der Waals surface area (Å²) in [4.78, 5) is 11.5. The van der Waals surface area contributed by atoms with Crippen molar-refractivity contribution >= 4 is 17.3 Å². The van der Waals surface area contributed by atoms with Gasteiger partial charge in [0, 0.05) is 11.4 Å². The Morgan fingerprint density at radius 1 is 0.962 bits per heavy atom. The van der Waals surface area contributed by atoms with E-state index in [9.17, 15) is 4.79 Å². The van der Waals surface area contributed by atoms with E-state index in [0.29, 0.717) is 11.4 Å². The fourth-order valence-electron chi connectivity index (χ4n) is 2.85. The molecule has 5 N–H and O–H groups in total. The number of hydrogen-bond donors (Lipinski definition) is 3. The summed E-state index contributed by atoms with van der Waals surface area (Å²) >= 11 is 0. The van der Waals surface area contributed by atoms with Crippen molar-refractivity contribution in [2.75, 3.05) is 11.1 Å². The van der Waals surface area contributed by atoms with E-state index in [1.807, 2.05) is 66.7 Å². The summed E-state index contributed by atoms with van der Waals surface area (Å²) in [6, 6.07) is 23.0. The van der Waals surface area contributed by atoms with Gasteiger partial charge in [0.25, 0.3) is 0 Å². The quantitative estimate of drug-likeness (QED) is 0.482. The fourth-order valence-corrected chi connectivity index (χ4v) is 2.85. The average molecular weight is 343 g/mol. The van der Waals surface area contributed by atoms with E-state index in [0.717, 1.165) is 22.3 Å². The molecule has 0 fully saturated rings. The topological polar surface area (TPSA) is 81.1 Å². The van der Waals surface area contributed by atoms with Crippen LogP contribution in [0.3, 0.4) is 0 Å². The van der Waals surface area contributed by atoms with Gasteiger partial charge in [-0.2, -0.15) is 0 Å². The van der Waals surface area contributed by atoms with Crippen molar-refractivity contribution in [2.45, 2.75) is 6.04 Å². The molecule has 0 aliphatic heterocycles. The van der Waals surface area contributed by atoms with Crippen molar-refractivity contribution in [1.29, 1.82) is 0 Å². The second kappa shape index (κ2) is 7.68. The van der Waals surface area contributed by atoms with Crippen molar-refractivity contribution in [1.82, 2.24) is 0 Å². The summed E-state index contributed by atoms with van der Waals surface area (Å²) in [6.07, 6.45) is 1.23. The zero-order valence-corrected chi connectivity index (χ0v) is 14.4. The standard InChI is InChI=1S/C22H21N3O/c1-2-21(26)25-18-10-6-9-17(13-18)22(24)19-12-11-16(14-20(19)23)15-7-4-3-5-8-15/h2-14,22H,1,23-24H2,(H,25,26). The van der Waals surface area contributed by atoms with Gasteiger partial charge in [-0.1, -0.05) is 61.2 Å². The summed E-state index contributed by atoms with van der Waals surface area (Å²) < 4.78 is 0. The molecule has 26 heavy (non-hydrogen) atoms. The van der Waals surface area contributed by atoms with E-state index in [2.05, 4.69) is 11.9 Å². The molecule has 1 unspecified atom stereocenters. The third-order valence-electron chi connectivity index (χ3n) is 4.23.